The van der Waals surface area contributed by atoms with E-state index in [4.69, 9.17) is 4.42 Å². The summed E-state index contributed by atoms with van der Waals surface area (Å²) in [5.74, 6) is 1.32. The van der Waals surface area contributed by atoms with Crippen molar-refractivity contribution in [3.8, 4) is 0 Å². The van der Waals surface area contributed by atoms with Crippen molar-refractivity contribution in [3.63, 3.8) is 0 Å². The molecule has 2 heterocycles. The fourth-order valence-electron chi connectivity index (χ4n) is 1.93. The van der Waals surface area contributed by atoms with Crippen molar-refractivity contribution in [3.05, 3.63) is 53.5 Å². The molecule has 1 unspecified atom stereocenters. The van der Waals surface area contributed by atoms with E-state index in [1.165, 1.54) is 6.20 Å². The summed E-state index contributed by atoms with van der Waals surface area (Å²) < 4.78 is 19.5. The van der Waals surface area contributed by atoms with Crippen LogP contribution in [0.5, 0.6) is 0 Å². The monoisotopic (exact) mass is 248 g/mol. The summed E-state index contributed by atoms with van der Waals surface area (Å²) in [5, 5.41) is 3.23. The molecule has 3 nitrogen and oxygen atoms in total. The second kappa shape index (κ2) is 5.78. The van der Waals surface area contributed by atoms with Gasteiger partial charge in [-0.15, -0.1) is 0 Å². The highest BCUT2D eigenvalue weighted by Gasteiger charge is 2.20. The van der Waals surface area contributed by atoms with Crippen LogP contribution in [0.25, 0.3) is 0 Å². The Morgan fingerprint density at radius 1 is 1.33 bits per heavy atom. The summed E-state index contributed by atoms with van der Waals surface area (Å²) in [6, 6.07) is 5.24. The molecule has 1 N–H and O–H groups in total. The molecule has 2 aromatic rings. The predicted octanol–water partition coefficient (Wildman–Crippen LogP) is 3.08. The summed E-state index contributed by atoms with van der Waals surface area (Å²) in [6.45, 7) is 4.74. The average Bonchev–Trinajstić information content (AvgIpc) is 2.85. The molecular formula is C14H17FN2O. The van der Waals surface area contributed by atoms with Crippen LogP contribution >= 0.6 is 0 Å². The molecule has 0 aliphatic rings. The number of aromatic nitrogens is 1. The van der Waals surface area contributed by atoms with Gasteiger partial charge in [0, 0.05) is 18.2 Å². The van der Waals surface area contributed by atoms with Gasteiger partial charge in [0.05, 0.1) is 12.2 Å². The van der Waals surface area contributed by atoms with E-state index in [1.54, 1.807) is 12.3 Å². The third-order valence-corrected chi connectivity index (χ3v) is 2.84. The first-order valence-corrected chi connectivity index (χ1v) is 6.17. The summed E-state index contributed by atoms with van der Waals surface area (Å²) in [7, 11) is 0. The highest BCUT2D eigenvalue weighted by molar-refractivity contribution is 5.26. The number of halogens is 1. The minimum absolute atomic E-state index is 0.265. The smallest absolute Gasteiger partial charge is 0.146 e. The second-order valence-electron chi connectivity index (χ2n) is 4.05. The molecule has 0 amide bonds. The molecule has 0 saturated carbocycles. The molecule has 96 valence electrons. The van der Waals surface area contributed by atoms with Crippen molar-refractivity contribution in [2.24, 2.45) is 0 Å². The number of aryl methyl sites for hydroxylation is 1. The summed E-state index contributed by atoms with van der Waals surface area (Å²) in [4.78, 5) is 3.77. The van der Waals surface area contributed by atoms with Crippen molar-refractivity contribution >= 4 is 0 Å². The summed E-state index contributed by atoms with van der Waals surface area (Å²) in [6.07, 6.45) is 3.65. The molecule has 2 aromatic heterocycles. The molecule has 0 bridgehead atoms. The van der Waals surface area contributed by atoms with Gasteiger partial charge in [-0.1, -0.05) is 13.8 Å². The van der Waals surface area contributed by atoms with Crippen LogP contribution in [0.4, 0.5) is 4.39 Å². The van der Waals surface area contributed by atoms with Crippen LogP contribution in [-0.4, -0.2) is 11.5 Å². The van der Waals surface area contributed by atoms with E-state index in [-0.39, 0.29) is 11.9 Å². The zero-order chi connectivity index (χ0) is 13.0. The third kappa shape index (κ3) is 2.59. The summed E-state index contributed by atoms with van der Waals surface area (Å²) in [5.41, 5.74) is 0.559. The number of rotatable bonds is 5. The lowest BCUT2D eigenvalue weighted by Gasteiger charge is -2.16. The van der Waals surface area contributed by atoms with Crippen LogP contribution in [-0.2, 0) is 6.42 Å². The highest BCUT2D eigenvalue weighted by Crippen LogP contribution is 2.25. The fraction of sp³-hybridized carbons (Fsp3) is 0.357. The largest absolute Gasteiger partial charge is 0.464 e. The molecule has 0 fully saturated rings. The minimum Gasteiger partial charge on any atom is -0.464 e. The van der Waals surface area contributed by atoms with Crippen molar-refractivity contribution in [1.82, 2.24) is 10.3 Å². The average molecular weight is 248 g/mol. The van der Waals surface area contributed by atoms with Gasteiger partial charge in [-0.2, -0.15) is 0 Å². The number of nitrogens with one attached hydrogen (secondary N) is 1. The van der Waals surface area contributed by atoms with Crippen LogP contribution in [0.3, 0.4) is 0 Å². The van der Waals surface area contributed by atoms with Crippen molar-refractivity contribution < 1.29 is 8.81 Å². The maximum absolute atomic E-state index is 13.8. The number of furan rings is 1. The lowest BCUT2D eigenvalue weighted by atomic mass is 10.1. The van der Waals surface area contributed by atoms with Gasteiger partial charge in [-0.3, -0.25) is 4.98 Å². The topological polar surface area (TPSA) is 38.1 Å². The lowest BCUT2D eigenvalue weighted by Crippen LogP contribution is -2.22. The molecule has 0 aliphatic carbocycles. The van der Waals surface area contributed by atoms with Gasteiger partial charge in [0.1, 0.15) is 17.3 Å². The van der Waals surface area contributed by atoms with Crippen LogP contribution in [0.2, 0.25) is 0 Å². The van der Waals surface area contributed by atoms with E-state index in [0.717, 1.165) is 24.5 Å². The normalized spacial score (nSPS) is 12.6. The zero-order valence-corrected chi connectivity index (χ0v) is 10.6. The molecule has 0 aromatic carbocycles. The maximum Gasteiger partial charge on any atom is 0.146 e. The minimum atomic E-state index is -0.321. The first-order valence-electron chi connectivity index (χ1n) is 6.17. The van der Waals surface area contributed by atoms with Crippen LogP contribution in [0.15, 0.2) is 35.0 Å². The second-order valence-corrected chi connectivity index (χ2v) is 4.05. The number of pyridine rings is 1. The van der Waals surface area contributed by atoms with E-state index in [9.17, 15) is 4.39 Å². The number of nitrogens with zero attached hydrogens (tertiary/aromatic N) is 1. The third-order valence-electron chi connectivity index (χ3n) is 2.84. The van der Waals surface area contributed by atoms with Gasteiger partial charge in [0.25, 0.3) is 0 Å². The Morgan fingerprint density at radius 3 is 2.78 bits per heavy atom. The van der Waals surface area contributed by atoms with E-state index in [2.05, 4.69) is 10.3 Å². The first kappa shape index (κ1) is 12.8. The zero-order valence-electron chi connectivity index (χ0n) is 10.6. The Morgan fingerprint density at radius 2 is 2.17 bits per heavy atom. The molecule has 0 aliphatic heterocycles. The first-order chi connectivity index (χ1) is 8.76. The van der Waals surface area contributed by atoms with Crippen molar-refractivity contribution in [1.29, 1.82) is 0 Å². The fourth-order valence-corrected chi connectivity index (χ4v) is 1.93. The van der Waals surface area contributed by atoms with E-state index >= 15 is 0 Å². The molecule has 0 spiro atoms. The molecule has 0 radical (unpaired) electrons. The molecule has 4 heteroatoms. The van der Waals surface area contributed by atoms with Gasteiger partial charge in [0.2, 0.25) is 0 Å². The van der Waals surface area contributed by atoms with Crippen molar-refractivity contribution in [2.45, 2.75) is 26.3 Å². The van der Waals surface area contributed by atoms with Gasteiger partial charge >= 0.3 is 0 Å². The molecule has 2 rings (SSSR count). The Labute approximate surface area is 106 Å². The molecule has 0 saturated heterocycles. The van der Waals surface area contributed by atoms with Crippen LogP contribution < -0.4 is 5.32 Å². The van der Waals surface area contributed by atoms with Crippen molar-refractivity contribution in [2.75, 3.05) is 6.54 Å². The predicted molar refractivity (Wildman–Crippen MR) is 67.8 cm³/mol. The van der Waals surface area contributed by atoms with E-state index in [0.29, 0.717) is 5.56 Å². The quantitative estimate of drug-likeness (QED) is 0.883. The maximum atomic E-state index is 13.8. The molecular weight excluding hydrogens is 231 g/mol. The molecule has 18 heavy (non-hydrogen) atoms. The highest BCUT2D eigenvalue weighted by atomic mass is 19.1. The van der Waals surface area contributed by atoms with Gasteiger partial charge in [0.15, 0.2) is 0 Å². The SMILES string of the molecule is CCNC(c1ccc(CC)o1)c1ccncc1F. The Hall–Kier alpha value is -1.68. The van der Waals surface area contributed by atoms with E-state index < -0.39 is 0 Å². The summed E-state index contributed by atoms with van der Waals surface area (Å²) >= 11 is 0. The van der Waals surface area contributed by atoms with Crippen LogP contribution in [0.1, 0.15) is 37.0 Å². The van der Waals surface area contributed by atoms with Gasteiger partial charge in [-0.05, 0) is 24.7 Å². The number of hydrogen-bond acceptors (Lipinski definition) is 3. The number of hydrogen-bond donors (Lipinski definition) is 1. The van der Waals surface area contributed by atoms with E-state index in [1.807, 2.05) is 26.0 Å². The van der Waals surface area contributed by atoms with Gasteiger partial charge < -0.3 is 9.73 Å². The lowest BCUT2D eigenvalue weighted by molar-refractivity contribution is 0.418. The van der Waals surface area contributed by atoms with Gasteiger partial charge in [-0.25, -0.2) is 4.39 Å². The Bertz CT molecular complexity index is 510. The molecule has 1 atom stereocenters. The van der Waals surface area contributed by atoms with Crippen LogP contribution in [0, 0.1) is 5.82 Å². The Balaban J connectivity index is 2.36. The Kier molecular flexibility index (Phi) is 4.10. The standard InChI is InChI=1S/C14H17FN2O/c1-3-10-5-6-13(18-10)14(17-4-2)11-7-8-16-9-12(11)15/h5-9,14,17H,3-4H2,1-2H3.